The minimum absolute atomic E-state index is 0.0383. The molecule has 1 aromatic rings. The van der Waals surface area contributed by atoms with Crippen LogP contribution < -0.4 is 11.1 Å². The third-order valence-electron chi connectivity index (χ3n) is 5.21. The second kappa shape index (κ2) is 14.4. The maximum atomic E-state index is 12.0. The van der Waals surface area contributed by atoms with Gasteiger partial charge in [-0.3, -0.25) is 19.3 Å². The van der Waals surface area contributed by atoms with Crippen LogP contribution in [-0.2, 0) is 25.7 Å². The number of carboxylic acid groups (broad SMARTS) is 2. The molecule has 1 saturated heterocycles. The molecule has 186 valence electrons. The normalized spacial score (nSPS) is 19.4. The van der Waals surface area contributed by atoms with Crippen molar-refractivity contribution in [3.05, 3.63) is 46.5 Å². The molecule has 1 amide bonds. The number of nitrogens with zero attached hydrogens (tertiary/aromatic N) is 1. The highest BCUT2D eigenvalue weighted by atomic mass is 35.5. The van der Waals surface area contributed by atoms with Crippen LogP contribution in [-0.4, -0.2) is 75.4 Å². The average Bonchev–Trinajstić information content (AvgIpc) is 2.79. The van der Waals surface area contributed by atoms with Crippen molar-refractivity contribution in [1.82, 2.24) is 10.2 Å². The number of piperidine rings is 1. The van der Waals surface area contributed by atoms with Crippen LogP contribution in [0.5, 0.6) is 0 Å². The van der Waals surface area contributed by atoms with Gasteiger partial charge in [0, 0.05) is 42.1 Å². The molecule has 1 fully saturated rings. The summed E-state index contributed by atoms with van der Waals surface area (Å²) in [6.07, 6.45) is 2.83. The first-order valence-electron chi connectivity index (χ1n) is 10.6. The number of rotatable bonds is 13. The summed E-state index contributed by atoms with van der Waals surface area (Å²) in [5, 5.41) is 21.3. The summed E-state index contributed by atoms with van der Waals surface area (Å²) in [4.78, 5) is 47.7. The summed E-state index contributed by atoms with van der Waals surface area (Å²) in [6.45, 7) is 2.06. The van der Waals surface area contributed by atoms with E-state index in [1.807, 2.05) is 24.3 Å². The minimum Gasteiger partial charge on any atom is -0.480 e. The zero-order valence-electron chi connectivity index (χ0n) is 18.4. The number of hydrogen-bond acceptors (Lipinski definition) is 8. The van der Waals surface area contributed by atoms with Gasteiger partial charge < -0.3 is 21.3 Å². The van der Waals surface area contributed by atoms with Crippen molar-refractivity contribution in [2.45, 2.75) is 43.1 Å². The number of carboxylic acids is 2. The van der Waals surface area contributed by atoms with Gasteiger partial charge in [0.15, 0.2) is 0 Å². The van der Waals surface area contributed by atoms with E-state index in [1.165, 1.54) is 21.6 Å². The summed E-state index contributed by atoms with van der Waals surface area (Å²) in [5.74, 6) is -2.84. The SMILES string of the molecule is NC(CCC(=O)NC(CSSC1CCN(Cc2ccccc2Cl)C/C1=C/C=O)C(=O)O)C(=O)O. The zero-order valence-corrected chi connectivity index (χ0v) is 20.8. The predicted octanol–water partition coefficient (Wildman–Crippen LogP) is 2.18. The van der Waals surface area contributed by atoms with E-state index in [-0.39, 0.29) is 23.8 Å². The molecule has 0 radical (unpaired) electrons. The smallest absolute Gasteiger partial charge is 0.327 e. The molecule has 0 saturated carbocycles. The van der Waals surface area contributed by atoms with Crippen LogP contribution >= 0.6 is 33.2 Å². The van der Waals surface area contributed by atoms with Gasteiger partial charge in [-0.2, -0.15) is 0 Å². The van der Waals surface area contributed by atoms with Crippen molar-refractivity contribution in [1.29, 1.82) is 0 Å². The predicted molar refractivity (Wildman–Crippen MR) is 134 cm³/mol. The number of amides is 1. The van der Waals surface area contributed by atoms with Gasteiger partial charge in [0.05, 0.1) is 0 Å². The first kappa shape index (κ1) is 28.2. The van der Waals surface area contributed by atoms with E-state index in [9.17, 15) is 24.3 Å². The maximum Gasteiger partial charge on any atom is 0.327 e. The van der Waals surface area contributed by atoms with Crippen LogP contribution in [0, 0.1) is 0 Å². The van der Waals surface area contributed by atoms with Gasteiger partial charge in [-0.15, -0.1) is 0 Å². The van der Waals surface area contributed by atoms with E-state index in [1.54, 1.807) is 6.08 Å². The second-order valence-corrected chi connectivity index (χ2v) is 10.8. The molecule has 0 aliphatic carbocycles. The second-order valence-electron chi connectivity index (χ2n) is 7.78. The van der Waals surface area contributed by atoms with Crippen LogP contribution in [0.2, 0.25) is 5.02 Å². The van der Waals surface area contributed by atoms with Gasteiger partial charge in [-0.1, -0.05) is 51.4 Å². The van der Waals surface area contributed by atoms with E-state index >= 15 is 0 Å². The summed E-state index contributed by atoms with van der Waals surface area (Å²) < 4.78 is 0. The molecule has 9 nitrogen and oxygen atoms in total. The first-order chi connectivity index (χ1) is 16.2. The minimum atomic E-state index is -1.22. The van der Waals surface area contributed by atoms with Gasteiger partial charge in [-0.25, -0.2) is 4.79 Å². The molecule has 5 N–H and O–H groups in total. The molecule has 34 heavy (non-hydrogen) atoms. The Balaban J connectivity index is 1.85. The average molecular weight is 530 g/mol. The fraction of sp³-hybridized carbons (Fsp3) is 0.455. The van der Waals surface area contributed by atoms with Gasteiger partial charge in [-0.05, 0) is 36.1 Å². The Morgan fingerprint density at radius 3 is 2.65 bits per heavy atom. The summed E-state index contributed by atoms with van der Waals surface area (Å²) >= 11 is 6.26. The van der Waals surface area contributed by atoms with Crippen molar-refractivity contribution in [2.24, 2.45) is 5.73 Å². The number of carbonyl (C=O) groups is 4. The number of aliphatic carboxylic acids is 2. The monoisotopic (exact) mass is 529 g/mol. The Bertz CT molecular complexity index is 916. The molecule has 1 aliphatic heterocycles. The molecule has 3 atom stereocenters. The van der Waals surface area contributed by atoms with Gasteiger partial charge in [0.2, 0.25) is 5.91 Å². The number of allylic oxidation sites excluding steroid dienone is 1. The summed E-state index contributed by atoms with van der Waals surface area (Å²) in [5.41, 5.74) is 7.33. The van der Waals surface area contributed by atoms with Gasteiger partial charge >= 0.3 is 11.9 Å². The molecular weight excluding hydrogens is 502 g/mol. The van der Waals surface area contributed by atoms with E-state index in [0.717, 1.165) is 30.4 Å². The molecule has 2 rings (SSSR count). The molecule has 0 bridgehead atoms. The molecule has 0 aromatic heterocycles. The fourth-order valence-electron chi connectivity index (χ4n) is 3.32. The number of carbonyl (C=O) groups excluding carboxylic acids is 2. The lowest BCUT2D eigenvalue weighted by atomic mass is 10.0. The Hall–Kier alpha value is -2.05. The van der Waals surface area contributed by atoms with E-state index in [2.05, 4.69) is 10.2 Å². The lowest BCUT2D eigenvalue weighted by molar-refractivity contribution is -0.141. The Kier molecular flexibility index (Phi) is 11.9. The number of nitrogens with two attached hydrogens (primary N) is 1. The highest BCUT2D eigenvalue weighted by Gasteiger charge is 2.27. The van der Waals surface area contributed by atoms with E-state index in [4.69, 9.17) is 22.4 Å². The van der Waals surface area contributed by atoms with Crippen molar-refractivity contribution in [2.75, 3.05) is 18.8 Å². The standard InChI is InChI=1S/C22H28ClN3O6S2/c23-16-4-2-1-3-14(16)11-26-9-7-19(15(12-26)8-10-27)34-33-13-18(22(31)32)25-20(28)6-5-17(24)21(29)30/h1-4,8,10,17-19H,5-7,9,11-13,24H2,(H,25,28)(H,29,30)(H,31,32)/b15-8-. The topological polar surface area (TPSA) is 150 Å². The quantitative estimate of drug-likeness (QED) is 0.170. The summed E-state index contributed by atoms with van der Waals surface area (Å²) in [7, 11) is 2.79. The lowest BCUT2D eigenvalue weighted by Crippen LogP contribution is -2.43. The van der Waals surface area contributed by atoms with Gasteiger partial charge in [0.1, 0.15) is 18.4 Å². The van der Waals surface area contributed by atoms with Crippen molar-refractivity contribution in [3.8, 4) is 0 Å². The molecule has 3 unspecified atom stereocenters. The highest BCUT2D eigenvalue weighted by Crippen LogP contribution is 2.37. The van der Waals surface area contributed by atoms with Crippen LogP contribution in [0.15, 0.2) is 35.9 Å². The fourth-order valence-corrected chi connectivity index (χ4v) is 6.40. The third-order valence-corrected chi connectivity index (χ3v) is 8.47. The van der Waals surface area contributed by atoms with E-state index in [0.29, 0.717) is 18.1 Å². The maximum absolute atomic E-state index is 12.0. The molecule has 12 heteroatoms. The molecule has 1 aromatic carbocycles. The number of aldehydes is 1. The van der Waals surface area contributed by atoms with Crippen LogP contribution in [0.4, 0.5) is 0 Å². The first-order valence-corrected chi connectivity index (χ1v) is 13.4. The highest BCUT2D eigenvalue weighted by molar-refractivity contribution is 8.77. The van der Waals surface area contributed by atoms with Crippen LogP contribution in [0.1, 0.15) is 24.8 Å². The third kappa shape index (κ3) is 9.30. The van der Waals surface area contributed by atoms with Crippen molar-refractivity contribution >= 4 is 57.3 Å². The van der Waals surface area contributed by atoms with E-state index < -0.39 is 29.9 Å². The molecular formula is C22H28ClN3O6S2. The summed E-state index contributed by atoms with van der Waals surface area (Å²) in [6, 6.07) is 5.33. The molecule has 1 aliphatic rings. The molecule has 1 heterocycles. The zero-order chi connectivity index (χ0) is 25.1. The lowest BCUT2D eigenvalue weighted by Gasteiger charge is -2.34. The number of likely N-dealkylation sites (tertiary alicyclic amines) is 1. The van der Waals surface area contributed by atoms with Crippen molar-refractivity contribution < 1.29 is 29.4 Å². The Morgan fingerprint density at radius 2 is 2.00 bits per heavy atom. The number of benzene rings is 1. The molecule has 0 spiro atoms. The van der Waals surface area contributed by atoms with Crippen molar-refractivity contribution in [3.63, 3.8) is 0 Å². The number of hydrogen-bond donors (Lipinski definition) is 4. The largest absolute Gasteiger partial charge is 0.480 e. The van der Waals surface area contributed by atoms with Crippen LogP contribution in [0.3, 0.4) is 0 Å². The Morgan fingerprint density at radius 1 is 1.26 bits per heavy atom. The van der Waals surface area contributed by atoms with Gasteiger partial charge in [0.25, 0.3) is 0 Å². The number of nitrogens with one attached hydrogen (secondary N) is 1. The van der Waals surface area contributed by atoms with Crippen LogP contribution in [0.25, 0.3) is 0 Å². The number of halogens is 1. The Labute approximate surface area is 210 Å².